The molecule has 0 spiro atoms. The number of nitro groups is 1. The van der Waals surface area contributed by atoms with Crippen LogP contribution >= 0.6 is 0 Å². The quantitative estimate of drug-likeness (QED) is 0.581. The highest BCUT2D eigenvalue weighted by Crippen LogP contribution is 2.30. The summed E-state index contributed by atoms with van der Waals surface area (Å²) < 4.78 is 0. The maximum Gasteiger partial charge on any atom is 0.269 e. The molecule has 0 aromatic heterocycles. The van der Waals surface area contributed by atoms with E-state index in [1.165, 1.54) is 12.1 Å². The van der Waals surface area contributed by atoms with E-state index in [1.807, 2.05) is 37.3 Å². The Labute approximate surface area is 140 Å². The monoisotopic (exact) mass is 324 g/mol. The molecule has 4 N–H and O–H groups in total. The van der Waals surface area contributed by atoms with Crippen molar-refractivity contribution in [2.45, 2.75) is 19.0 Å². The van der Waals surface area contributed by atoms with Crippen molar-refractivity contribution >= 4 is 17.1 Å². The molecule has 1 unspecified atom stereocenters. The average molecular weight is 324 g/mol. The summed E-state index contributed by atoms with van der Waals surface area (Å²) in [5.74, 6) is 0. The lowest BCUT2D eigenvalue weighted by Crippen LogP contribution is -2.45. The molecular weight excluding hydrogens is 304 g/mol. The SMILES string of the molecule is CC1(N)C=C(NCCc2ccc([N+](=O)[O-])cc2)c2ccccc2N1. The van der Waals surface area contributed by atoms with Crippen LogP contribution < -0.4 is 16.4 Å². The maximum absolute atomic E-state index is 10.7. The first kappa shape index (κ1) is 16.0. The fourth-order valence-corrected chi connectivity index (χ4v) is 2.80. The second-order valence-electron chi connectivity index (χ2n) is 6.11. The van der Waals surface area contributed by atoms with E-state index in [0.29, 0.717) is 6.54 Å². The van der Waals surface area contributed by atoms with Gasteiger partial charge in [0.2, 0.25) is 0 Å². The first-order valence-corrected chi connectivity index (χ1v) is 7.81. The van der Waals surface area contributed by atoms with Crippen LogP contribution in [0.2, 0.25) is 0 Å². The van der Waals surface area contributed by atoms with Gasteiger partial charge in [-0.25, -0.2) is 0 Å². The minimum absolute atomic E-state index is 0.112. The third kappa shape index (κ3) is 3.55. The number of nitrogens with two attached hydrogens (primary N) is 1. The number of nitrogens with one attached hydrogen (secondary N) is 2. The predicted octanol–water partition coefficient (Wildman–Crippen LogP) is 2.87. The van der Waals surface area contributed by atoms with Gasteiger partial charge >= 0.3 is 0 Å². The minimum atomic E-state index is -0.607. The summed E-state index contributed by atoms with van der Waals surface area (Å²) in [7, 11) is 0. The number of nitro benzene ring substituents is 1. The highest BCUT2D eigenvalue weighted by Gasteiger charge is 2.24. The molecule has 1 aliphatic rings. The van der Waals surface area contributed by atoms with Crippen LogP contribution in [0.1, 0.15) is 18.1 Å². The van der Waals surface area contributed by atoms with E-state index >= 15 is 0 Å². The molecule has 3 rings (SSSR count). The van der Waals surface area contributed by atoms with Crippen LogP contribution in [0.25, 0.3) is 5.70 Å². The van der Waals surface area contributed by atoms with Gasteiger partial charge in [-0.1, -0.05) is 30.3 Å². The smallest absolute Gasteiger partial charge is 0.269 e. The van der Waals surface area contributed by atoms with Crippen molar-refractivity contribution in [3.8, 4) is 0 Å². The van der Waals surface area contributed by atoms with E-state index in [9.17, 15) is 10.1 Å². The number of hydrogen-bond donors (Lipinski definition) is 3. The highest BCUT2D eigenvalue weighted by molar-refractivity contribution is 5.79. The van der Waals surface area contributed by atoms with Crippen molar-refractivity contribution in [2.24, 2.45) is 5.73 Å². The zero-order valence-corrected chi connectivity index (χ0v) is 13.5. The Hall–Kier alpha value is -2.86. The van der Waals surface area contributed by atoms with Crippen LogP contribution in [0.3, 0.4) is 0 Å². The molecule has 0 bridgehead atoms. The Kier molecular flexibility index (Phi) is 4.22. The summed E-state index contributed by atoms with van der Waals surface area (Å²) >= 11 is 0. The largest absolute Gasteiger partial charge is 0.384 e. The van der Waals surface area contributed by atoms with Crippen LogP contribution in [0.15, 0.2) is 54.6 Å². The Bertz CT molecular complexity index is 782. The van der Waals surface area contributed by atoms with Gasteiger partial charge in [0.05, 0.1) is 4.92 Å². The van der Waals surface area contributed by atoms with Crippen LogP contribution in [0.5, 0.6) is 0 Å². The van der Waals surface area contributed by atoms with E-state index in [4.69, 9.17) is 5.73 Å². The normalized spacial score (nSPS) is 19.0. The summed E-state index contributed by atoms with van der Waals surface area (Å²) in [6.45, 7) is 2.63. The third-order valence-electron chi connectivity index (χ3n) is 3.94. The Morgan fingerprint density at radius 3 is 2.62 bits per heavy atom. The lowest BCUT2D eigenvalue weighted by Gasteiger charge is -2.32. The Morgan fingerprint density at radius 1 is 1.21 bits per heavy atom. The molecule has 0 amide bonds. The van der Waals surface area contributed by atoms with Crippen molar-refractivity contribution in [2.75, 3.05) is 11.9 Å². The number of benzene rings is 2. The number of rotatable bonds is 5. The van der Waals surface area contributed by atoms with Gasteiger partial charge in [-0.15, -0.1) is 0 Å². The molecule has 6 heteroatoms. The van der Waals surface area contributed by atoms with E-state index in [0.717, 1.165) is 28.9 Å². The first-order valence-electron chi connectivity index (χ1n) is 7.81. The molecular formula is C18H20N4O2. The molecule has 2 aromatic carbocycles. The summed E-state index contributed by atoms with van der Waals surface area (Å²) in [6.07, 6.45) is 2.75. The summed E-state index contributed by atoms with van der Waals surface area (Å²) in [4.78, 5) is 10.3. The van der Waals surface area contributed by atoms with Crippen LogP contribution in [0.4, 0.5) is 11.4 Å². The molecule has 124 valence electrons. The van der Waals surface area contributed by atoms with Gasteiger partial charge in [-0.2, -0.15) is 0 Å². The molecule has 0 saturated carbocycles. The molecule has 1 heterocycles. The summed E-state index contributed by atoms with van der Waals surface area (Å²) in [5.41, 5.74) is 9.86. The molecule has 0 fully saturated rings. The van der Waals surface area contributed by atoms with E-state index < -0.39 is 5.66 Å². The number of fused-ring (bicyclic) bond motifs is 1. The summed E-state index contributed by atoms with van der Waals surface area (Å²) in [6, 6.07) is 14.7. The van der Waals surface area contributed by atoms with Gasteiger partial charge in [0, 0.05) is 35.6 Å². The summed E-state index contributed by atoms with van der Waals surface area (Å²) in [5, 5.41) is 17.4. The molecule has 0 saturated heterocycles. The number of hydrogen-bond acceptors (Lipinski definition) is 5. The van der Waals surface area contributed by atoms with Gasteiger partial charge in [-0.3, -0.25) is 10.1 Å². The van der Waals surface area contributed by atoms with E-state index in [2.05, 4.69) is 10.6 Å². The number of anilines is 1. The van der Waals surface area contributed by atoms with Gasteiger partial charge in [-0.05, 0) is 31.1 Å². The van der Waals surface area contributed by atoms with E-state index in [1.54, 1.807) is 12.1 Å². The lowest BCUT2D eigenvalue weighted by molar-refractivity contribution is -0.384. The number of non-ortho nitro benzene ring substituents is 1. The lowest BCUT2D eigenvalue weighted by atomic mass is 9.99. The zero-order chi connectivity index (χ0) is 17.2. The van der Waals surface area contributed by atoms with Crippen molar-refractivity contribution in [3.63, 3.8) is 0 Å². The molecule has 2 aromatic rings. The highest BCUT2D eigenvalue weighted by atomic mass is 16.6. The average Bonchev–Trinajstić information content (AvgIpc) is 2.54. The predicted molar refractivity (Wildman–Crippen MR) is 95.4 cm³/mol. The van der Waals surface area contributed by atoms with Gasteiger partial charge in [0.1, 0.15) is 5.66 Å². The topological polar surface area (TPSA) is 93.2 Å². The van der Waals surface area contributed by atoms with Crippen molar-refractivity contribution < 1.29 is 4.92 Å². The zero-order valence-electron chi connectivity index (χ0n) is 13.5. The molecule has 0 aliphatic carbocycles. The van der Waals surface area contributed by atoms with Crippen molar-refractivity contribution in [1.82, 2.24) is 5.32 Å². The fourth-order valence-electron chi connectivity index (χ4n) is 2.80. The van der Waals surface area contributed by atoms with Gasteiger partial charge < -0.3 is 16.4 Å². The fraction of sp³-hybridized carbons (Fsp3) is 0.222. The second kappa shape index (κ2) is 6.33. The number of nitrogens with zero attached hydrogens (tertiary/aromatic N) is 1. The Balaban J connectivity index is 1.67. The second-order valence-corrected chi connectivity index (χ2v) is 6.11. The molecule has 0 radical (unpaired) electrons. The van der Waals surface area contributed by atoms with Gasteiger partial charge in [0.15, 0.2) is 0 Å². The van der Waals surface area contributed by atoms with Crippen molar-refractivity contribution in [3.05, 3.63) is 75.8 Å². The minimum Gasteiger partial charge on any atom is -0.384 e. The maximum atomic E-state index is 10.7. The number of para-hydroxylation sites is 1. The van der Waals surface area contributed by atoms with Gasteiger partial charge in [0.25, 0.3) is 5.69 Å². The molecule has 6 nitrogen and oxygen atoms in total. The first-order chi connectivity index (χ1) is 11.4. The van der Waals surface area contributed by atoms with Crippen LogP contribution in [-0.4, -0.2) is 17.1 Å². The molecule has 24 heavy (non-hydrogen) atoms. The Morgan fingerprint density at radius 2 is 1.92 bits per heavy atom. The third-order valence-corrected chi connectivity index (χ3v) is 3.94. The van der Waals surface area contributed by atoms with Crippen molar-refractivity contribution in [1.29, 1.82) is 0 Å². The molecule has 1 aliphatic heterocycles. The van der Waals surface area contributed by atoms with E-state index in [-0.39, 0.29) is 10.6 Å². The van der Waals surface area contributed by atoms with Crippen LogP contribution in [0, 0.1) is 10.1 Å². The molecule has 1 atom stereocenters. The van der Waals surface area contributed by atoms with Crippen LogP contribution in [-0.2, 0) is 6.42 Å². The standard InChI is InChI=1S/C18H20N4O2/c1-18(19)12-17(15-4-2-3-5-16(15)21-18)20-11-10-13-6-8-14(9-7-13)22(23)24/h2-9,12,20-21H,10-11,19H2,1H3.